The minimum absolute atomic E-state index is 0.00835. The first kappa shape index (κ1) is 18.0. The van der Waals surface area contributed by atoms with E-state index in [4.69, 9.17) is 9.72 Å². The largest absolute Gasteiger partial charge is 0.447 e. The maximum absolute atomic E-state index is 12.4. The summed E-state index contributed by atoms with van der Waals surface area (Å²) in [7, 11) is 2.18. The van der Waals surface area contributed by atoms with Crippen LogP contribution in [0.25, 0.3) is 0 Å². The SMILES string of the molecule is CN1CCC(Cc2cccc(N3C(=O)OCC3Cc3ccccc3)n2)CC1. The van der Waals surface area contributed by atoms with Crippen LogP contribution >= 0.6 is 0 Å². The van der Waals surface area contributed by atoms with Gasteiger partial charge in [0.2, 0.25) is 0 Å². The minimum atomic E-state index is -0.292. The van der Waals surface area contributed by atoms with Crippen molar-refractivity contribution in [3.63, 3.8) is 0 Å². The van der Waals surface area contributed by atoms with Crippen LogP contribution in [-0.2, 0) is 17.6 Å². The maximum Gasteiger partial charge on any atom is 0.415 e. The van der Waals surface area contributed by atoms with E-state index >= 15 is 0 Å². The summed E-state index contributed by atoms with van der Waals surface area (Å²) in [5, 5.41) is 0. The van der Waals surface area contributed by atoms with Crippen molar-refractivity contribution in [3.05, 3.63) is 59.8 Å². The first-order valence-electron chi connectivity index (χ1n) is 9.83. The highest BCUT2D eigenvalue weighted by atomic mass is 16.6. The van der Waals surface area contributed by atoms with Gasteiger partial charge in [0.1, 0.15) is 12.4 Å². The van der Waals surface area contributed by atoms with E-state index in [0.29, 0.717) is 18.3 Å². The van der Waals surface area contributed by atoms with Crippen molar-refractivity contribution < 1.29 is 9.53 Å². The Morgan fingerprint density at radius 2 is 1.81 bits per heavy atom. The molecule has 1 aromatic carbocycles. The quantitative estimate of drug-likeness (QED) is 0.813. The molecule has 0 saturated carbocycles. The molecule has 0 radical (unpaired) electrons. The highest BCUT2D eigenvalue weighted by Crippen LogP contribution is 2.26. The zero-order valence-corrected chi connectivity index (χ0v) is 15.9. The van der Waals surface area contributed by atoms with Crippen LogP contribution in [0.2, 0.25) is 0 Å². The fourth-order valence-corrected chi connectivity index (χ4v) is 4.05. The van der Waals surface area contributed by atoms with Crippen molar-refractivity contribution in [3.8, 4) is 0 Å². The summed E-state index contributed by atoms with van der Waals surface area (Å²) in [5.41, 5.74) is 2.27. The molecule has 27 heavy (non-hydrogen) atoms. The summed E-state index contributed by atoms with van der Waals surface area (Å²) >= 11 is 0. The van der Waals surface area contributed by atoms with Crippen molar-refractivity contribution in [1.82, 2.24) is 9.88 Å². The van der Waals surface area contributed by atoms with Crippen molar-refractivity contribution in [2.24, 2.45) is 5.92 Å². The number of aromatic nitrogens is 1. The van der Waals surface area contributed by atoms with Gasteiger partial charge in [0.25, 0.3) is 0 Å². The van der Waals surface area contributed by atoms with E-state index < -0.39 is 0 Å². The standard InChI is InChI=1S/C22H27N3O2/c1-24-12-10-18(11-13-24)14-19-8-5-9-21(23-19)25-20(16-27-22(25)26)15-17-6-3-2-4-7-17/h2-9,18,20H,10-16H2,1H3. The molecule has 0 bridgehead atoms. The molecule has 1 unspecified atom stereocenters. The molecule has 2 saturated heterocycles. The average Bonchev–Trinajstić information content (AvgIpc) is 3.05. The lowest BCUT2D eigenvalue weighted by Gasteiger charge is -2.29. The number of hydrogen-bond donors (Lipinski definition) is 0. The smallest absolute Gasteiger partial charge is 0.415 e. The molecule has 1 atom stereocenters. The lowest BCUT2D eigenvalue weighted by Crippen LogP contribution is -2.36. The highest BCUT2D eigenvalue weighted by molar-refractivity contribution is 5.89. The van der Waals surface area contributed by atoms with Crippen LogP contribution in [0, 0.1) is 5.92 Å². The number of pyridine rings is 1. The Balaban J connectivity index is 1.48. The number of ether oxygens (including phenoxy) is 1. The molecule has 3 heterocycles. The van der Waals surface area contributed by atoms with Crippen LogP contribution in [0.1, 0.15) is 24.1 Å². The van der Waals surface area contributed by atoms with Crippen LogP contribution in [0.5, 0.6) is 0 Å². The summed E-state index contributed by atoms with van der Waals surface area (Å²) < 4.78 is 5.35. The number of piperidine rings is 1. The molecule has 2 aromatic rings. The number of anilines is 1. The van der Waals surface area contributed by atoms with Gasteiger partial charge in [0, 0.05) is 5.69 Å². The van der Waals surface area contributed by atoms with Crippen LogP contribution < -0.4 is 4.90 Å². The molecule has 5 nitrogen and oxygen atoms in total. The molecule has 2 aliphatic heterocycles. The molecular formula is C22H27N3O2. The second-order valence-corrected chi connectivity index (χ2v) is 7.73. The molecule has 4 rings (SSSR count). The van der Waals surface area contributed by atoms with E-state index in [2.05, 4.69) is 30.1 Å². The summed E-state index contributed by atoms with van der Waals surface area (Å²) in [5.74, 6) is 1.39. The van der Waals surface area contributed by atoms with Gasteiger partial charge in [-0.3, -0.25) is 4.90 Å². The number of amides is 1. The average molecular weight is 365 g/mol. The first-order chi connectivity index (χ1) is 13.2. The summed E-state index contributed by atoms with van der Waals surface area (Å²) in [6.45, 7) is 2.72. The zero-order chi connectivity index (χ0) is 18.6. The molecular weight excluding hydrogens is 338 g/mol. The monoisotopic (exact) mass is 365 g/mol. The van der Waals surface area contributed by atoms with Gasteiger partial charge in [-0.1, -0.05) is 36.4 Å². The lowest BCUT2D eigenvalue weighted by atomic mass is 9.92. The van der Waals surface area contributed by atoms with Crippen LogP contribution in [-0.4, -0.2) is 48.8 Å². The normalized spacial score (nSPS) is 21.4. The highest BCUT2D eigenvalue weighted by Gasteiger charge is 2.35. The minimum Gasteiger partial charge on any atom is -0.447 e. The molecule has 1 aromatic heterocycles. The van der Waals surface area contributed by atoms with E-state index in [1.165, 1.54) is 18.4 Å². The fraction of sp³-hybridized carbons (Fsp3) is 0.455. The Kier molecular flexibility index (Phi) is 5.39. The third kappa shape index (κ3) is 4.30. The van der Waals surface area contributed by atoms with E-state index in [9.17, 15) is 4.79 Å². The third-order valence-corrected chi connectivity index (χ3v) is 5.65. The van der Waals surface area contributed by atoms with Gasteiger partial charge in [-0.25, -0.2) is 9.78 Å². The number of nitrogens with zero attached hydrogens (tertiary/aromatic N) is 3. The van der Waals surface area contributed by atoms with Crippen molar-refractivity contribution >= 4 is 11.9 Å². The maximum atomic E-state index is 12.4. The summed E-state index contributed by atoms with van der Waals surface area (Å²) in [6, 6.07) is 16.2. The second-order valence-electron chi connectivity index (χ2n) is 7.73. The molecule has 2 fully saturated rings. The number of benzene rings is 1. The Bertz CT molecular complexity index is 772. The van der Waals surface area contributed by atoms with E-state index in [-0.39, 0.29) is 12.1 Å². The molecule has 1 amide bonds. The van der Waals surface area contributed by atoms with Gasteiger partial charge in [0.05, 0.1) is 6.04 Å². The molecule has 0 spiro atoms. The Labute approximate surface area is 161 Å². The predicted molar refractivity (Wildman–Crippen MR) is 106 cm³/mol. The van der Waals surface area contributed by atoms with E-state index in [0.717, 1.165) is 31.6 Å². The van der Waals surface area contributed by atoms with Gasteiger partial charge in [-0.2, -0.15) is 0 Å². The summed E-state index contributed by atoms with van der Waals surface area (Å²) in [6.07, 6.45) is 3.89. The van der Waals surface area contributed by atoms with Crippen molar-refractivity contribution in [1.29, 1.82) is 0 Å². The van der Waals surface area contributed by atoms with Gasteiger partial charge < -0.3 is 9.64 Å². The lowest BCUT2D eigenvalue weighted by molar-refractivity contribution is 0.178. The van der Waals surface area contributed by atoms with Crippen LogP contribution in [0.15, 0.2) is 48.5 Å². The van der Waals surface area contributed by atoms with Gasteiger partial charge in [0.15, 0.2) is 0 Å². The molecule has 2 aliphatic rings. The van der Waals surface area contributed by atoms with Crippen LogP contribution in [0.3, 0.4) is 0 Å². The Morgan fingerprint density at radius 3 is 2.59 bits per heavy atom. The van der Waals surface area contributed by atoms with E-state index in [1.54, 1.807) is 4.90 Å². The molecule has 0 aliphatic carbocycles. The first-order valence-corrected chi connectivity index (χ1v) is 9.83. The number of carbonyl (C=O) groups is 1. The fourth-order valence-electron chi connectivity index (χ4n) is 4.05. The van der Waals surface area contributed by atoms with Gasteiger partial charge >= 0.3 is 6.09 Å². The Morgan fingerprint density at radius 1 is 1.04 bits per heavy atom. The zero-order valence-electron chi connectivity index (χ0n) is 15.9. The Hall–Kier alpha value is -2.40. The number of cyclic esters (lactones) is 1. The summed E-state index contributed by atoms with van der Waals surface area (Å²) in [4.78, 5) is 21.3. The molecule has 0 N–H and O–H groups in total. The number of carbonyl (C=O) groups excluding carboxylic acids is 1. The topological polar surface area (TPSA) is 45.7 Å². The van der Waals surface area contributed by atoms with E-state index in [1.807, 2.05) is 30.3 Å². The van der Waals surface area contributed by atoms with Gasteiger partial charge in [-0.05, 0) is 69.4 Å². The number of likely N-dealkylation sites (tertiary alicyclic amines) is 1. The predicted octanol–water partition coefficient (Wildman–Crippen LogP) is 3.53. The number of hydrogen-bond acceptors (Lipinski definition) is 4. The van der Waals surface area contributed by atoms with Crippen molar-refractivity contribution in [2.75, 3.05) is 31.6 Å². The van der Waals surface area contributed by atoms with Gasteiger partial charge in [-0.15, -0.1) is 0 Å². The number of rotatable bonds is 5. The second kappa shape index (κ2) is 8.09. The third-order valence-electron chi connectivity index (χ3n) is 5.65. The molecule has 142 valence electrons. The van der Waals surface area contributed by atoms with Crippen LogP contribution in [0.4, 0.5) is 10.6 Å². The molecule has 5 heteroatoms. The van der Waals surface area contributed by atoms with Crippen molar-refractivity contribution in [2.45, 2.75) is 31.7 Å².